The quantitative estimate of drug-likeness (QED) is 0.359. The molecule has 4 rings (SSSR count). The van der Waals surface area contributed by atoms with E-state index < -0.39 is 0 Å². The number of aromatic nitrogens is 1. The van der Waals surface area contributed by atoms with Crippen LogP contribution in [0.15, 0.2) is 59.0 Å². The Morgan fingerprint density at radius 3 is 2.11 bits per heavy atom. The number of hydrogen-bond donors (Lipinski definition) is 0. The van der Waals surface area contributed by atoms with Gasteiger partial charge in [-0.3, -0.25) is 0 Å². The second-order valence-corrected chi connectivity index (χ2v) is 9.45. The van der Waals surface area contributed by atoms with Crippen LogP contribution in [-0.4, -0.2) is 4.98 Å². The molecule has 2 nitrogen and oxygen atoms in total. The SMILES string of the molecule is CC(C)(C)c1cc(C(C)(C)C)c2oc(-c3ccc4ccccc4c3)nc2c1. The third-order valence-electron chi connectivity index (χ3n) is 5.16. The molecule has 0 saturated heterocycles. The van der Waals surface area contributed by atoms with Crippen LogP contribution in [0.5, 0.6) is 0 Å². The van der Waals surface area contributed by atoms with Gasteiger partial charge in [-0.1, -0.05) is 77.9 Å². The van der Waals surface area contributed by atoms with E-state index in [-0.39, 0.29) is 10.8 Å². The summed E-state index contributed by atoms with van der Waals surface area (Å²) in [5, 5.41) is 2.42. The van der Waals surface area contributed by atoms with Crippen LogP contribution in [0.25, 0.3) is 33.3 Å². The molecule has 0 unspecified atom stereocenters. The Kier molecular flexibility index (Phi) is 3.92. The van der Waals surface area contributed by atoms with Gasteiger partial charge in [-0.25, -0.2) is 4.98 Å². The largest absolute Gasteiger partial charge is 0.436 e. The predicted molar refractivity (Wildman–Crippen MR) is 114 cm³/mol. The molecular weight excluding hydrogens is 330 g/mol. The monoisotopic (exact) mass is 357 g/mol. The molecule has 138 valence electrons. The zero-order valence-corrected chi connectivity index (χ0v) is 17.1. The second-order valence-electron chi connectivity index (χ2n) is 9.45. The van der Waals surface area contributed by atoms with E-state index in [9.17, 15) is 0 Å². The lowest BCUT2D eigenvalue weighted by atomic mass is 9.80. The molecule has 0 amide bonds. The summed E-state index contributed by atoms with van der Waals surface area (Å²) >= 11 is 0. The van der Waals surface area contributed by atoms with Gasteiger partial charge in [-0.15, -0.1) is 0 Å². The van der Waals surface area contributed by atoms with E-state index in [1.165, 1.54) is 21.9 Å². The van der Waals surface area contributed by atoms with Crippen molar-refractivity contribution in [3.63, 3.8) is 0 Å². The van der Waals surface area contributed by atoms with Crippen molar-refractivity contribution in [1.82, 2.24) is 4.98 Å². The molecule has 0 radical (unpaired) electrons. The van der Waals surface area contributed by atoms with E-state index in [1.54, 1.807) is 0 Å². The molecule has 1 aromatic heterocycles. The minimum atomic E-state index is -0.0142. The van der Waals surface area contributed by atoms with Crippen molar-refractivity contribution in [1.29, 1.82) is 0 Å². The standard InChI is InChI=1S/C25H27NO/c1-24(2,3)19-14-20(25(4,5)6)22-21(15-19)26-23(27-22)18-12-11-16-9-7-8-10-17(16)13-18/h7-15H,1-6H3. The van der Waals surface area contributed by atoms with Gasteiger partial charge in [0.05, 0.1) is 0 Å². The van der Waals surface area contributed by atoms with Gasteiger partial charge in [0, 0.05) is 11.1 Å². The Bertz CT molecular complexity index is 1140. The highest BCUT2D eigenvalue weighted by Crippen LogP contribution is 2.37. The van der Waals surface area contributed by atoms with Crippen LogP contribution in [0.2, 0.25) is 0 Å². The highest BCUT2D eigenvalue weighted by Gasteiger charge is 2.25. The first-order valence-corrected chi connectivity index (χ1v) is 9.58. The molecule has 0 saturated carbocycles. The van der Waals surface area contributed by atoms with Crippen molar-refractivity contribution in [2.45, 2.75) is 52.4 Å². The summed E-state index contributed by atoms with van der Waals surface area (Å²) in [6.45, 7) is 13.4. The Hall–Kier alpha value is -2.61. The average molecular weight is 357 g/mol. The van der Waals surface area contributed by atoms with E-state index in [4.69, 9.17) is 9.40 Å². The van der Waals surface area contributed by atoms with Crippen LogP contribution in [0.1, 0.15) is 52.7 Å². The number of oxazole rings is 1. The summed E-state index contributed by atoms with van der Waals surface area (Å²) in [5.41, 5.74) is 5.41. The number of hydrogen-bond acceptors (Lipinski definition) is 2. The molecule has 2 heteroatoms. The van der Waals surface area contributed by atoms with Gasteiger partial charge >= 0.3 is 0 Å². The van der Waals surface area contributed by atoms with Crippen LogP contribution in [-0.2, 0) is 10.8 Å². The van der Waals surface area contributed by atoms with Crippen LogP contribution >= 0.6 is 0 Å². The minimum Gasteiger partial charge on any atom is -0.436 e. The normalized spacial score (nSPS) is 12.8. The third-order valence-corrected chi connectivity index (χ3v) is 5.16. The van der Waals surface area contributed by atoms with Crippen LogP contribution in [0.3, 0.4) is 0 Å². The lowest BCUT2D eigenvalue weighted by molar-refractivity contribution is 0.552. The Morgan fingerprint density at radius 2 is 1.44 bits per heavy atom. The molecule has 4 aromatic rings. The molecule has 0 spiro atoms. The molecule has 0 aliphatic heterocycles. The summed E-state index contributed by atoms with van der Waals surface area (Å²) in [4.78, 5) is 4.87. The highest BCUT2D eigenvalue weighted by molar-refractivity contribution is 5.88. The van der Waals surface area contributed by atoms with Crippen molar-refractivity contribution < 1.29 is 4.42 Å². The first-order chi connectivity index (χ1) is 12.6. The first-order valence-electron chi connectivity index (χ1n) is 9.58. The van der Waals surface area contributed by atoms with E-state index >= 15 is 0 Å². The van der Waals surface area contributed by atoms with Gasteiger partial charge in [0.25, 0.3) is 0 Å². The lowest BCUT2D eigenvalue weighted by Gasteiger charge is -2.24. The number of fused-ring (bicyclic) bond motifs is 2. The van der Waals surface area contributed by atoms with Crippen molar-refractivity contribution in [3.8, 4) is 11.5 Å². The van der Waals surface area contributed by atoms with Crippen LogP contribution < -0.4 is 0 Å². The van der Waals surface area contributed by atoms with Crippen molar-refractivity contribution >= 4 is 21.9 Å². The molecule has 0 bridgehead atoms. The topological polar surface area (TPSA) is 26.0 Å². The summed E-state index contributed by atoms with van der Waals surface area (Å²) in [6, 6.07) is 19.2. The first kappa shape index (κ1) is 17.8. The smallest absolute Gasteiger partial charge is 0.227 e. The van der Waals surface area contributed by atoms with E-state index in [0.29, 0.717) is 5.89 Å². The fourth-order valence-electron chi connectivity index (χ4n) is 3.47. The Balaban J connectivity index is 1.95. The molecule has 0 aliphatic carbocycles. The summed E-state index contributed by atoms with van der Waals surface area (Å²) < 4.78 is 6.32. The second kappa shape index (κ2) is 5.95. The van der Waals surface area contributed by atoms with Crippen LogP contribution in [0, 0.1) is 0 Å². The van der Waals surface area contributed by atoms with E-state index in [2.05, 4.69) is 96.1 Å². The lowest BCUT2D eigenvalue weighted by Crippen LogP contribution is -2.16. The molecule has 0 atom stereocenters. The van der Waals surface area contributed by atoms with E-state index in [0.717, 1.165) is 16.7 Å². The highest BCUT2D eigenvalue weighted by atomic mass is 16.3. The van der Waals surface area contributed by atoms with Gasteiger partial charge in [-0.05, 0) is 45.4 Å². The minimum absolute atomic E-state index is 0.0142. The zero-order chi connectivity index (χ0) is 19.4. The zero-order valence-electron chi connectivity index (χ0n) is 17.1. The third kappa shape index (κ3) is 3.25. The summed E-state index contributed by atoms with van der Waals surface area (Å²) in [7, 11) is 0. The predicted octanol–water partition coefficient (Wildman–Crippen LogP) is 7.24. The van der Waals surface area contributed by atoms with Crippen molar-refractivity contribution in [3.05, 3.63) is 65.7 Å². The molecule has 1 heterocycles. The molecule has 3 aromatic carbocycles. The van der Waals surface area contributed by atoms with Gasteiger partial charge < -0.3 is 4.42 Å². The van der Waals surface area contributed by atoms with Crippen molar-refractivity contribution in [2.24, 2.45) is 0 Å². The Labute approximate surface area is 161 Å². The number of rotatable bonds is 1. The van der Waals surface area contributed by atoms with E-state index in [1.807, 2.05) is 0 Å². The maximum Gasteiger partial charge on any atom is 0.227 e. The number of nitrogens with zero attached hydrogens (tertiary/aromatic N) is 1. The maximum absolute atomic E-state index is 6.32. The fourth-order valence-corrected chi connectivity index (χ4v) is 3.47. The molecule has 0 fully saturated rings. The molecule has 0 N–H and O–H groups in total. The summed E-state index contributed by atoms with van der Waals surface area (Å²) in [6.07, 6.45) is 0. The number of benzene rings is 3. The maximum atomic E-state index is 6.32. The van der Waals surface area contributed by atoms with Crippen LogP contribution in [0.4, 0.5) is 0 Å². The molecule has 27 heavy (non-hydrogen) atoms. The summed E-state index contributed by atoms with van der Waals surface area (Å²) in [5.74, 6) is 0.687. The molecular formula is C25H27NO. The van der Waals surface area contributed by atoms with Gasteiger partial charge in [0.2, 0.25) is 5.89 Å². The van der Waals surface area contributed by atoms with Gasteiger partial charge in [0.1, 0.15) is 5.52 Å². The van der Waals surface area contributed by atoms with Gasteiger partial charge in [0.15, 0.2) is 5.58 Å². The Morgan fingerprint density at radius 1 is 0.741 bits per heavy atom. The van der Waals surface area contributed by atoms with Crippen molar-refractivity contribution in [2.75, 3.05) is 0 Å². The average Bonchev–Trinajstić information content (AvgIpc) is 3.02. The van der Waals surface area contributed by atoms with Gasteiger partial charge in [-0.2, -0.15) is 0 Å². The molecule has 0 aliphatic rings. The fraction of sp³-hybridized carbons (Fsp3) is 0.320.